The van der Waals surface area contributed by atoms with Gasteiger partial charge in [-0.3, -0.25) is 4.79 Å². The molecule has 1 amide bonds. The Labute approximate surface area is 149 Å². The van der Waals surface area contributed by atoms with Crippen molar-refractivity contribution >= 4 is 11.9 Å². The molecule has 1 aromatic carbocycles. The van der Waals surface area contributed by atoms with Crippen molar-refractivity contribution in [3.8, 4) is 5.75 Å². The van der Waals surface area contributed by atoms with Gasteiger partial charge in [0.25, 0.3) is 0 Å². The Hall–Kier alpha value is -2.08. The molecule has 0 heterocycles. The second-order valence-electron chi connectivity index (χ2n) is 7.30. The van der Waals surface area contributed by atoms with E-state index >= 15 is 0 Å². The minimum atomic E-state index is -1.03. The van der Waals surface area contributed by atoms with Crippen molar-refractivity contribution in [1.29, 1.82) is 0 Å². The van der Waals surface area contributed by atoms with E-state index in [0.29, 0.717) is 18.6 Å². The first-order chi connectivity index (χ1) is 11.6. The van der Waals surface area contributed by atoms with E-state index < -0.39 is 24.0 Å². The molecule has 0 aromatic heterocycles. The second kappa shape index (κ2) is 9.42. The molecule has 0 fully saturated rings. The molecule has 0 saturated heterocycles. The number of carboxylic acid groups (broad SMARTS) is 1. The summed E-state index contributed by atoms with van der Waals surface area (Å²) in [5, 5.41) is 11.9. The average Bonchev–Trinajstić information content (AvgIpc) is 2.55. The normalized spacial score (nSPS) is 13.8. The first kappa shape index (κ1) is 21.0. The van der Waals surface area contributed by atoms with Crippen LogP contribution in [-0.4, -0.2) is 36.2 Å². The summed E-state index contributed by atoms with van der Waals surface area (Å²) in [4.78, 5) is 23.6. The van der Waals surface area contributed by atoms with Crippen LogP contribution in [0.1, 0.15) is 46.1 Å². The van der Waals surface area contributed by atoms with Crippen LogP contribution in [0, 0.1) is 5.41 Å². The van der Waals surface area contributed by atoms with E-state index in [0.717, 1.165) is 5.56 Å². The van der Waals surface area contributed by atoms with E-state index in [9.17, 15) is 14.7 Å². The standard InChI is InChI=1S/C19H29NO5/c1-13(25-12-14-7-6-8-15(11-14)24-5)17(21)20-16(18(22)23)9-10-19(2,3)4/h6-8,11,13,16H,9-10,12H2,1-5H3,(H,20,21)(H,22,23). The lowest BCUT2D eigenvalue weighted by atomic mass is 9.88. The van der Waals surface area contributed by atoms with Crippen LogP contribution in [0.5, 0.6) is 5.75 Å². The van der Waals surface area contributed by atoms with E-state index in [4.69, 9.17) is 9.47 Å². The van der Waals surface area contributed by atoms with Crippen molar-refractivity contribution in [1.82, 2.24) is 5.32 Å². The van der Waals surface area contributed by atoms with Crippen LogP contribution in [0.4, 0.5) is 0 Å². The van der Waals surface area contributed by atoms with Crippen LogP contribution < -0.4 is 10.1 Å². The minimum absolute atomic E-state index is 0.00685. The van der Waals surface area contributed by atoms with Crippen molar-refractivity contribution in [3.63, 3.8) is 0 Å². The summed E-state index contributed by atoms with van der Waals surface area (Å²) in [7, 11) is 1.58. The van der Waals surface area contributed by atoms with Gasteiger partial charge in [-0.2, -0.15) is 0 Å². The Balaban J connectivity index is 2.54. The smallest absolute Gasteiger partial charge is 0.326 e. The third-order valence-electron chi connectivity index (χ3n) is 3.80. The average molecular weight is 351 g/mol. The van der Waals surface area contributed by atoms with Gasteiger partial charge in [0, 0.05) is 0 Å². The van der Waals surface area contributed by atoms with E-state index in [1.54, 1.807) is 14.0 Å². The Morgan fingerprint density at radius 2 is 1.96 bits per heavy atom. The van der Waals surface area contributed by atoms with Crippen LogP contribution >= 0.6 is 0 Å². The second-order valence-corrected chi connectivity index (χ2v) is 7.30. The zero-order valence-corrected chi connectivity index (χ0v) is 15.7. The van der Waals surface area contributed by atoms with Gasteiger partial charge >= 0.3 is 5.97 Å². The van der Waals surface area contributed by atoms with E-state index in [2.05, 4.69) is 5.32 Å². The third kappa shape index (κ3) is 8.03. The maximum atomic E-state index is 12.2. The number of carbonyl (C=O) groups is 2. The molecule has 2 N–H and O–H groups in total. The van der Waals surface area contributed by atoms with Crippen LogP contribution in [0.25, 0.3) is 0 Å². The molecule has 25 heavy (non-hydrogen) atoms. The van der Waals surface area contributed by atoms with Crippen LogP contribution in [-0.2, 0) is 20.9 Å². The molecule has 0 radical (unpaired) electrons. The molecule has 0 saturated carbocycles. The third-order valence-corrected chi connectivity index (χ3v) is 3.80. The zero-order valence-electron chi connectivity index (χ0n) is 15.7. The van der Waals surface area contributed by atoms with Gasteiger partial charge in [0.1, 0.15) is 17.9 Å². The molecule has 0 bridgehead atoms. The lowest BCUT2D eigenvalue weighted by molar-refractivity contribution is -0.144. The fourth-order valence-electron chi connectivity index (χ4n) is 2.18. The topological polar surface area (TPSA) is 84.9 Å². The number of carboxylic acids is 1. The molecule has 2 atom stereocenters. The van der Waals surface area contributed by atoms with Gasteiger partial charge in [0.05, 0.1) is 13.7 Å². The Bertz CT molecular complexity index is 579. The number of rotatable bonds is 9. The number of carbonyl (C=O) groups excluding carboxylic acids is 1. The highest BCUT2D eigenvalue weighted by molar-refractivity contribution is 5.86. The first-order valence-electron chi connectivity index (χ1n) is 8.40. The van der Waals surface area contributed by atoms with Gasteiger partial charge in [-0.15, -0.1) is 0 Å². The molecule has 1 aromatic rings. The lowest BCUT2D eigenvalue weighted by Crippen LogP contribution is -2.45. The summed E-state index contributed by atoms with van der Waals surface area (Å²) >= 11 is 0. The molecular weight excluding hydrogens is 322 g/mol. The Morgan fingerprint density at radius 3 is 2.52 bits per heavy atom. The number of nitrogens with one attached hydrogen (secondary N) is 1. The van der Waals surface area contributed by atoms with Gasteiger partial charge in [0.2, 0.25) is 5.91 Å². The van der Waals surface area contributed by atoms with Gasteiger partial charge in [-0.1, -0.05) is 32.9 Å². The highest BCUT2D eigenvalue weighted by Gasteiger charge is 2.25. The number of hydrogen-bond donors (Lipinski definition) is 2. The van der Waals surface area contributed by atoms with Crippen molar-refractivity contribution in [2.45, 2.75) is 59.3 Å². The van der Waals surface area contributed by atoms with Gasteiger partial charge < -0.3 is 19.9 Å². The molecule has 1 rings (SSSR count). The van der Waals surface area contributed by atoms with Crippen molar-refractivity contribution < 1.29 is 24.2 Å². The molecule has 2 unspecified atom stereocenters. The Kier molecular flexibility index (Phi) is 7.90. The summed E-state index contributed by atoms with van der Waals surface area (Å²) < 4.78 is 10.7. The highest BCUT2D eigenvalue weighted by Crippen LogP contribution is 2.21. The van der Waals surface area contributed by atoms with Crippen molar-refractivity contribution in [2.75, 3.05) is 7.11 Å². The van der Waals surface area contributed by atoms with Crippen molar-refractivity contribution in [2.24, 2.45) is 5.41 Å². The fourth-order valence-corrected chi connectivity index (χ4v) is 2.18. The summed E-state index contributed by atoms with van der Waals surface area (Å²) in [6, 6.07) is 6.46. The SMILES string of the molecule is COc1cccc(COC(C)C(=O)NC(CCC(C)(C)C)C(=O)O)c1. The highest BCUT2D eigenvalue weighted by atomic mass is 16.5. The molecular formula is C19H29NO5. The number of benzene rings is 1. The molecule has 0 aliphatic heterocycles. The molecule has 6 heteroatoms. The monoisotopic (exact) mass is 351 g/mol. The van der Waals surface area contributed by atoms with E-state index in [1.165, 1.54) is 0 Å². The predicted octanol–water partition coefficient (Wildman–Crippen LogP) is 3.00. The summed E-state index contributed by atoms with van der Waals surface area (Å²) in [5.74, 6) is -0.742. The number of aliphatic carboxylic acids is 1. The van der Waals surface area contributed by atoms with Crippen LogP contribution in [0.3, 0.4) is 0 Å². The molecule has 6 nitrogen and oxygen atoms in total. The van der Waals surface area contributed by atoms with Gasteiger partial charge in [0.15, 0.2) is 0 Å². The number of hydrogen-bond acceptors (Lipinski definition) is 4. The number of ether oxygens (including phenoxy) is 2. The summed E-state index contributed by atoms with van der Waals surface area (Å²) in [6.45, 7) is 7.96. The number of amides is 1. The van der Waals surface area contributed by atoms with Gasteiger partial charge in [-0.05, 0) is 42.9 Å². The predicted molar refractivity (Wildman–Crippen MR) is 95.5 cm³/mol. The van der Waals surface area contributed by atoms with Gasteiger partial charge in [-0.25, -0.2) is 4.79 Å². The molecule has 0 aliphatic rings. The fraction of sp³-hybridized carbons (Fsp3) is 0.579. The first-order valence-corrected chi connectivity index (χ1v) is 8.40. The molecule has 0 aliphatic carbocycles. The largest absolute Gasteiger partial charge is 0.497 e. The molecule has 140 valence electrons. The summed E-state index contributed by atoms with van der Waals surface area (Å²) in [6.07, 6.45) is 0.332. The zero-order chi connectivity index (χ0) is 19.0. The minimum Gasteiger partial charge on any atom is -0.497 e. The van der Waals surface area contributed by atoms with Crippen molar-refractivity contribution in [3.05, 3.63) is 29.8 Å². The lowest BCUT2D eigenvalue weighted by Gasteiger charge is -2.23. The maximum absolute atomic E-state index is 12.2. The quantitative estimate of drug-likeness (QED) is 0.714. The van der Waals surface area contributed by atoms with Crippen LogP contribution in [0.15, 0.2) is 24.3 Å². The molecule has 0 spiro atoms. The summed E-state index contributed by atoms with van der Waals surface area (Å²) in [5.41, 5.74) is 0.883. The van der Waals surface area contributed by atoms with E-state index in [1.807, 2.05) is 45.0 Å². The van der Waals surface area contributed by atoms with Crippen LogP contribution in [0.2, 0.25) is 0 Å². The Morgan fingerprint density at radius 1 is 1.28 bits per heavy atom. The van der Waals surface area contributed by atoms with E-state index in [-0.39, 0.29) is 12.0 Å². The maximum Gasteiger partial charge on any atom is 0.326 e. The number of methoxy groups -OCH3 is 1.